The Morgan fingerprint density at radius 1 is 1.50 bits per heavy atom. The zero-order chi connectivity index (χ0) is 13.0. The van der Waals surface area contributed by atoms with Crippen molar-refractivity contribution in [3.8, 4) is 0 Å². The van der Waals surface area contributed by atoms with E-state index >= 15 is 0 Å². The Morgan fingerprint density at radius 2 is 2.33 bits per heavy atom. The summed E-state index contributed by atoms with van der Waals surface area (Å²) in [6.07, 6.45) is 5.83. The molecule has 0 aromatic carbocycles. The first-order valence-corrected chi connectivity index (χ1v) is 7.20. The van der Waals surface area contributed by atoms with Gasteiger partial charge in [0.15, 0.2) is 0 Å². The summed E-state index contributed by atoms with van der Waals surface area (Å²) in [5, 5.41) is 8.04. The number of aryl methyl sites for hydroxylation is 2. The average Bonchev–Trinajstić information content (AvgIpc) is 2.77. The predicted octanol–water partition coefficient (Wildman–Crippen LogP) is 1.56. The lowest BCUT2D eigenvalue weighted by Gasteiger charge is -2.33. The van der Waals surface area contributed by atoms with Gasteiger partial charge < -0.3 is 5.32 Å². The van der Waals surface area contributed by atoms with Crippen LogP contribution in [0.1, 0.15) is 37.9 Å². The van der Waals surface area contributed by atoms with Crippen molar-refractivity contribution in [3.05, 3.63) is 17.5 Å². The molecule has 0 bridgehead atoms. The van der Waals surface area contributed by atoms with Crippen molar-refractivity contribution in [2.24, 2.45) is 7.05 Å². The maximum atomic E-state index is 4.54. The molecular weight excluding hydrogens is 224 g/mol. The Labute approximate surface area is 110 Å². The lowest BCUT2D eigenvalue weighted by molar-refractivity contribution is 0.166. The van der Waals surface area contributed by atoms with Crippen LogP contribution in [0.3, 0.4) is 0 Å². The lowest BCUT2D eigenvalue weighted by Crippen LogP contribution is -2.45. The molecule has 4 nitrogen and oxygen atoms in total. The van der Waals surface area contributed by atoms with Crippen molar-refractivity contribution in [1.82, 2.24) is 20.0 Å². The van der Waals surface area contributed by atoms with Crippen LogP contribution in [0.4, 0.5) is 0 Å². The molecule has 4 heteroatoms. The molecule has 2 rings (SSSR count). The smallest absolute Gasteiger partial charge is 0.0666 e. The van der Waals surface area contributed by atoms with Gasteiger partial charge in [-0.05, 0) is 32.4 Å². The van der Waals surface area contributed by atoms with Crippen molar-refractivity contribution in [3.63, 3.8) is 0 Å². The van der Waals surface area contributed by atoms with Crippen molar-refractivity contribution in [1.29, 1.82) is 0 Å². The molecule has 0 spiro atoms. The summed E-state index contributed by atoms with van der Waals surface area (Å²) in [5.41, 5.74) is 2.65. The first-order chi connectivity index (χ1) is 8.74. The number of nitrogens with one attached hydrogen (secondary N) is 1. The van der Waals surface area contributed by atoms with Crippen LogP contribution in [-0.2, 0) is 20.0 Å². The van der Waals surface area contributed by atoms with Gasteiger partial charge in [0.2, 0.25) is 0 Å². The van der Waals surface area contributed by atoms with Crippen LogP contribution in [0, 0.1) is 0 Å². The highest BCUT2D eigenvalue weighted by Crippen LogP contribution is 2.16. The summed E-state index contributed by atoms with van der Waals surface area (Å²) >= 11 is 0. The van der Waals surface area contributed by atoms with Crippen molar-refractivity contribution in [2.45, 2.75) is 45.7 Å². The molecule has 0 amide bonds. The van der Waals surface area contributed by atoms with Gasteiger partial charge in [0.1, 0.15) is 0 Å². The van der Waals surface area contributed by atoms with Gasteiger partial charge in [0, 0.05) is 37.9 Å². The Bertz CT molecular complexity index is 366. The summed E-state index contributed by atoms with van der Waals surface area (Å²) in [7, 11) is 2.01. The fourth-order valence-electron chi connectivity index (χ4n) is 2.88. The van der Waals surface area contributed by atoms with Gasteiger partial charge in [0.05, 0.1) is 5.69 Å². The minimum absolute atomic E-state index is 0.689. The van der Waals surface area contributed by atoms with E-state index in [0.29, 0.717) is 6.04 Å². The largest absolute Gasteiger partial charge is 0.315 e. The molecule has 1 N–H and O–H groups in total. The van der Waals surface area contributed by atoms with Crippen molar-refractivity contribution >= 4 is 0 Å². The molecule has 1 unspecified atom stereocenters. The molecule has 0 saturated carbocycles. The SMILES string of the molecule is CCc1nn(C)cc1CN(CC)C1CCCNC1. The van der Waals surface area contributed by atoms with E-state index in [1.165, 1.54) is 30.6 Å². The molecule has 0 radical (unpaired) electrons. The Kier molecular flexibility index (Phi) is 4.78. The molecule has 1 aromatic heterocycles. The second-order valence-electron chi connectivity index (χ2n) is 5.19. The Morgan fingerprint density at radius 3 is 2.94 bits per heavy atom. The number of hydrogen-bond acceptors (Lipinski definition) is 3. The molecule has 0 aliphatic carbocycles. The number of aromatic nitrogens is 2. The predicted molar refractivity (Wildman–Crippen MR) is 74.6 cm³/mol. The molecule has 1 aliphatic rings. The molecule has 1 aliphatic heterocycles. The van der Waals surface area contributed by atoms with Crippen molar-refractivity contribution < 1.29 is 0 Å². The van der Waals surface area contributed by atoms with Crippen molar-refractivity contribution in [2.75, 3.05) is 19.6 Å². The maximum absolute atomic E-state index is 4.54. The van der Waals surface area contributed by atoms with E-state index in [9.17, 15) is 0 Å². The highest BCUT2D eigenvalue weighted by molar-refractivity contribution is 5.17. The van der Waals surface area contributed by atoms with E-state index in [1.54, 1.807) is 0 Å². The summed E-state index contributed by atoms with van der Waals surface area (Å²) in [5.74, 6) is 0. The normalized spacial score (nSPS) is 20.6. The highest BCUT2D eigenvalue weighted by atomic mass is 15.3. The second kappa shape index (κ2) is 6.34. The quantitative estimate of drug-likeness (QED) is 0.861. The number of piperidine rings is 1. The van der Waals surface area contributed by atoms with Crippen LogP contribution < -0.4 is 5.32 Å². The molecule has 1 aromatic rings. The summed E-state index contributed by atoms with van der Waals surface area (Å²) in [4.78, 5) is 2.59. The molecule has 102 valence electrons. The summed E-state index contributed by atoms with van der Waals surface area (Å²) in [6.45, 7) is 8.92. The third-order valence-corrected chi connectivity index (χ3v) is 3.89. The fourth-order valence-corrected chi connectivity index (χ4v) is 2.88. The van der Waals surface area contributed by atoms with Crippen LogP contribution in [0.2, 0.25) is 0 Å². The van der Waals surface area contributed by atoms with E-state index in [-0.39, 0.29) is 0 Å². The molecule has 1 saturated heterocycles. The van der Waals surface area contributed by atoms with Crippen LogP contribution in [-0.4, -0.2) is 40.4 Å². The first kappa shape index (κ1) is 13.6. The monoisotopic (exact) mass is 250 g/mol. The number of likely N-dealkylation sites (N-methyl/N-ethyl adjacent to an activating group) is 1. The van der Waals surface area contributed by atoms with Crippen LogP contribution in [0.5, 0.6) is 0 Å². The number of rotatable bonds is 5. The molecular formula is C14H26N4. The third kappa shape index (κ3) is 3.12. The van der Waals surface area contributed by atoms with Gasteiger partial charge in [-0.2, -0.15) is 5.10 Å². The van der Waals surface area contributed by atoms with E-state index in [1.807, 2.05) is 11.7 Å². The van der Waals surface area contributed by atoms with E-state index in [2.05, 4.69) is 35.4 Å². The Balaban J connectivity index is 2.04. The van der Waals surface area contributed by atoms with E-state index < -0.39 is 0 Å². The van der Waals surface area contributed by atoms with E-state index in [4.69, 9.17) is 0 Å². The average molecular weight is 250 g/mol. The molecule has 18 heavy (non-hydrogen) atoms. The molecule has 2 heterocycles. The summed E-state index contributed by atoms with van der Waals surface area (Å²) < 4.78 is 1.95. The minimum atomic E-state index is 0.689. The maximum Gasteiger partial charge on any atom is 0.0666 e. The molecule has 1 atom stereocenters. The van der Waals surface area contributed by atoms with Gasteiger partial charge in [-0.15, -0.1) is 0 Å². The second-order valence-corrected chi connectivity index (χ2v) is 5.19. The van der Waals surface area contributed by atoms with Gasteiger partial charge >= 0.3 is 0 Å². The summed E-state index contributed by atoms with van der Waals surface area (Å²) in [6, 6.07) is 0.689. The topological polar surface area (TPSA) is 33.1 Å². The van der Waals surface area contributed by atoms with Crippen LogP contribution in [0.25, 0.3) is 0 Å². The van der Waals surface area contributed by atoms with Gasteiger partial charge in [-0.1, -0.05) is 13.8 Å². The van der Waals surface area contributed by atoms with Crippen LogP contribution in [0.15, 0.2) is 6.20 Å². The lowest BCUT2D eigenvalue weighted by atomic mass is 10.0. The number of nitrogens with zero attached hydrogens (tertiary/aromatic N) is 3. The highest BCUT2D eigenvalue weighted by Gasteiger charge is 2.21. The Hall–Kier alpha value is -0.870. The zero-order valence-corrected chi connectivity index (χ0v) is 11.9. The van der Waals surface area contributed by atoms with Gasteiger partial charge in [0.25, 0.3) is 0 Å². The molecule has 1 fully saturated rings. The zero-order valence-electron chi connectivity index (χ0n) is 11.9. The fraction of sp³-hybridized carbons (Fsp3) is 0.786. The number of hydrogen-bond donors (Lipinski definition) is 1. The first-order valence-electron chi connectivity index (χ1n) is 7.20. The van der Waals surface area contributed by atoms with E-state index in [0.717, 1.165) is 26.1 Å². The van der Waals surface area contributed by atoms with Gasteiger partial charge in [-0.3, -0.25) is 9.58 Å². The third-order valence-electron chi connectivity index (χ3n) is 3.89. The van der Waals surface area contributed by atoms with Gasteiger partial charge in [-0.25, -0.2) is 0 Å². The van der Waals surface area contributed by atoms with Crippen LogP contribution >= 0.6 is 0 Å². The standard InChI is InChI=1S/C14H26N4/c1-4-14-12(10-17(3)16-14)11-18(5-2)13-7-6-8-15-9-13/h10,13,15H,4-9,11H2,1-3H3. The minimum Gasteiger partial charge on any atom is -0.315 e.